The maximum Gasteiger partial charge on any atom is 0.139 e. The van der Waals surface area contributed by atoms with Crippen molar-refractivity contribution in [3.05, 3.63) is 95.5 Å². The average molecular weight is 407 g/mol. The Labute approximate surface area is 173 Å². The standard InChI is InChI=1S/C23H19ClN2OS/c24-21-9-3-7-17(23(21)27)15-25-18-11-13-19(14-12-18)28-26-22-10-4-6-16-5-1-2-8-20(16)22/h1-14,25-27H,15H2. The van der Waals surface area contributed by atoms with E-state index in [1.54, 1.807) is 18.0 Å². The molecule has 5 heteroatoms. The number of nitrogens with one attached hydrogen (secondary N) is 2. The van der Waals surface area contributed by atoms with Crippen LogP contribution in [0.25, 0.3) is 10.8 Å². The lowest BCUT2D eigenvalue weighted by molar-refractivity contribution is 0.469. The Morgan fingerprint density at radius 1 is 0.821 bits per heavy atom. The summed E-state index contributed by atoms with van der Waals surface area (Å²) in [5.74, 6) is 0.128. The lowest BCUT2D eigenvalue weighted by atomic mass is 10.1. The molecule has 4 aromatic rings. The average Bonchev–Trinajstić information content (AvgIpc) is 2.74. The van der Waals surface area contributed by atoms with E-state index in [1.165, 1.54) is 10.8 Å². The summed E-state index contributed by atoms with van der Waals surface area (Å²) >= 11 is 7.53. The lowest BCUT2D eigenvalue weighted by Crippen LogP contribution is -1.99. The Kier molecular flexibility index (Phi) is 5.60. The third kappa shape index (κ3) is 4.19. The number of phenolic OH excluding ortho intramolecular Hbond substituents is 1. The van der Waals surface area contributed by atoms with Crippen molar-refractivity contribution in [1.82, 2.24) is 0 Å². The van der Waals surface area contributed by atoms with Gasteiger partial charge in [-0.15, -0.1) is 0 Å². The zero-order valence-corrected chi connectivity index (χ0v) is 16.6. The molecular weight excluding hydrogens is 388 g/mol. The predicted octanol–water partition coefficient (Wildman–Crippen LogP) is 6.93. The Morgan fingerprint density at radius 3 is 2.43 bits per heavy atom. The molecule has 140 valence electrons. The van der Waals surface area contributed by atoms with Gasteiger partial charge in [0, 0.05) is 28.1 Å². The topological polar surface area (TPSA) is 44.3 Å². The van der Waals surface area contributed by atoms with Crippen LogP contribution in [0.2, 0.25) is 5.02 Å². The van der Waals surface area contributed by atoms with Crippen molar-refractivity contribution in [2.45, 2.75) is 11.4 Å². The molecule has 0 saturated heterocycles. The number of hydrogen-bond acceptors (Lipinski definition) is 4. The van der Waals surface area contributed by atoms with E-state index >= 15 is 0 Å². The molecule has 0 bridgehead atoms. The van der Waals surface area contributed by atoms with Gasteiger partial charge in [0.1, 0.15) is 5.75 Å². The van der Waals surface area contributed by atoms with Crippen LogP contribution < -0.4 is 10.0 Å². The molecule has 0 unspecified atom stereocenters. The molecule has 0 aliphatic heterocycles. The third-order valence-electron chi connectivity index (χ3n) is 4.48. The summed E-state index contributed by atoms with van der Waals surface area (Å²) in [6.45, 7) is 0.507. The SMILES string of the molecule is Oc1c(Cl)cccc1CNc1ccc(SNc2cccc3ccccc23)cc1. The highest BCUT2D eigenvalue weighted by atomic mass is 35.5. The van der Waals surface area contributed by atoms with Crippen LogP contribution in [0, 0.1) is 0 Å². The molecule has 0 amide bonds. The fraction of sp³-hybridized carbons (Fsp3) is 0.0435. The van der Waals surface area contributed by atoms with Crippen molar-refractivity contribution < 1.29 is 5.11 Å². The van der Waals surface area contributed by atoms with Gasteiger partial charge in [0.15, 0.2) is 0 Å². The highest BCUT2D eigenvalue weighted by molar-refractivity contribution is 8.00. The number of phenols is 1. The smallest absolute Gasteiger partial charge is 0.139 e. The van der Waals surface area contributed by atoms with Gasteiger partial charge >= 0.3 is 0 Å². The highest BCUT2D eigenvalue weighted by Crippen LogP contribution is 2.30. The number of benzene rings is 4. The Bertz CT molecular complexity index is 1090. The maximum atomic E-state index is 9.99. The Hall–Kier alpha value is -2.82. The molecule has 28 heavy (non-hydrogen) atoms. The number of halogens is 1. The molecule has 3 nitrogen and oxygen atoms in total. The van der Waals surface area contributed by atoms with Crippen molar-refractivity contribution in [3.8, 4) is 5.75 Å². The minimum atomic E-state index is 0.128. The van der Waals surface area contributed by atoms with Crippen LogP contribution in [0.5, 0.6) is 5.75 Å². The second-order valence-electron chi connectivity index (χ2n) is 6.36. The highest BCUT2D eigenvalue weighted by Gasteiger charge is 2.05. The first-order chi connectivity index (χ1) is 13.7. The fourth-order valence-corrected chi connectivity index (χ4v) is 3.84. The minimum Gasteiger partial charge on any atom is -0.506 e. The van der Waals surface area contributed by atoms with Crippen molar-refractivity contribution in [1.29, 1.82) is 0 Å². The number of rotatable bonds is 6. The summed E-state index contributed by atoms with van der Waals surface area (Å²) in [4.78, 5) is 1.11. The van der Waals surface area contributed by atoms with Crippen LogP contribution in [0.15, 0.2) is 89.8 Å². The summed E-state index contributed by atoms with van der Waals surface area (Å²) in [6, 6.07) is 28.1. The predicted molar refractivity (Wildman–Crippen MR) is 120 cm³/mol. The summed E-state index contributed by atoms with van der Waals surface area (Å²) in [7, 11) is 0. The normalized spacial score (nSPS) is 10.8. The molecule has 4 aromatic carbocycles. The van der Waals surface area contributed by atoms with Gasteiger partial charge in [-0.25, -0.2) is 0 Å². The van der Waals surface area contributed by atoms with Gasteiger partial charge in [-0.2, -0.15) is 0 Å². The number of para-hydroxylation sites is 1. The third-order valence-corrected chi connectivity index (χ3v) is 5.61. The molecule has 0 radical (unpaired) electrons. The number of hydrogen-bond donors (Lipinski definition) is 3. The Balaban J connectivity index is 1.39. The monoisotopic (exact) mass is 406 g/mol. The number of fused-ring (bicyclic) bond motifs is 1. The molecule has 3 N–H and O–H groups in total. The van der Waals surface area contributed by atoms with E-state index in [-0.39, 0.29) is 5.75 Å². The summed E-state index contributed by atoms with van der Waals surface area (Å²) in [5, 5.41) is 16.1. The van der Waals surface area contributed by atoms with Crippen LogP contribution in [0.1, 0.15) is 5.56 Å². The van der Waals surface area contributed by atoms with Crippen molar-refractivity contribution in [3.63, 3.8) is 0 Å². The van der Waals surface area contributed by atoms with Crippen LogP contribution in [0.4, 0.5) is 11.4 Å². The molecule has 0 fully saturated rings. The van der Waals surface area contributed by atoms with Crippen LogP contribution in [0.3, 0.4) is 0 Å². The van der Waals surface area contributed by atoms with E-state index in [0.717, 1.165) is 21.8 Å². The van der Waals surface area contributed by atoms with Crippen LogP contribution in [-0.4, -0.2) is 5.11 Å². The van der Waals surface area contributed by atoms with Crippen LogP contribution >= 0.6 is 23.5 Å². The zero-order valence-electron chi connectivity index (χ0n) is 15.0. The lowest BCUT2D eigenvalue weighted by Gasteiger charge is -2.11. The van der Waals surface area contributed by atoms with Crippen molar-refractivity contribution >= 4 is 45.7 Å². The molecule has 0 aliphatic rings. The maximum absolute atomic E-state index is 9.99. The van der Waals surface area contributed by atoms with Gasteiger partial charge in [0.2, 0.25) is 0 Å². The zero-order chi connectivity index (χ0) is 19.3. The summed E-state index contributed by atoms with van der Waals surface area (Å²) in [5.41, 5.74) is 2.85. The Morgan fingerprint density at radius 2 is 1.57 bits per heavy atom. The minimum absolute atomic E-state index is 0.128. The molecule has 0 aromatic heterocycles. The van der Waals surface area contributed by atoms with E-state index < -0.39 is 0 Å². The second-order valence-corrected chi connectivity index (χ2v) is 7.64. The molecule has 4 rings (SSSR count). The van der Waals surface area contributed by atoms with E-state index in [2.05, 4.69) is 58.6 Å². The van der Waals surface area contributed by atoms with E-state index in [0.29, 0.717) is 11.6 Å². The quantitative estimate of drug-likeness (QED) is 0.304. The first-order valence-corrected chi connectivity index (χ1v) is 10.1. The van der Waals surface area contributed by atoms with Gasteiger partial charge in [0.25, 0.3) is 0 Å². The molecular formula is C23H19ClN2OS. The van der Waals surface area contributed by atoms with Gasteiger partial charge in [-0.3, -0.25) is 0 Å². The van der Waals surface area contributed by atoms with E-state index in [4.69, 9.17) is 11.6 Å². The summed E-state index contributed by atoms with van der Waals surface area (Å²) in [6.07, 6.45) is 0. The largest absolute Gasteiger partial charge is 0.506 e. The van der Waals surface area contributed by atoms with Gasteiger partial charge in [-0.05, 0) is 53.7 Å². The molecule has 0 saturated carbocycles. The van der Waals surface area contributed by atoms with Gasteiger partial charge < -0.3 is 15.1 Å². The van der Waals surface area contributed by atoms with Crippen molar-refractivity contribution in [2.75, 3.05) is 10.0 Å². The first-order valence-electron chi connectivity index (χ1n) is 8.91. The summed E-state index contributed by atoms with van der Waals surface area (Å²) < 4.78 is 3.44. The van der Waals surface area contributed by atoms with Crippen LogP contribution in [-0.2, 0) is 6.54 Å². The van der Waals surface area contributed by atoms with E-state index in [1.807, 2.05) is 30.3 Å². The number of anilines is 2. The fourth-order valence-electron chi connectivity index (χ4n) is 2.97. The molecule has 0 aliphatic carbocycles. The molecule has 0 atom stereocenters. The first kappa shape index (κ1) is 18.5. The van der Waals surface area contributed by atoms with Gasteiger partial charge in [-0.1, -0.05) is 60.1 Å². The molecule has 0 heterocycles. The second kappa shape index (κ2) is 8.46. The molecule has 0 spiro atoms. The van der Waals surface area contributed by atoms with Crippen molar-refractivity contribution in [2.24, 2.45) is 0 Å². The van der Waals surface area contributed by atoms with E-state index in [9.17, 15) is 5.11 Å². The van der Waals surface area contributed by atoms with Gasteiger partial charge in [0.05, 0.1) is 10.7 Å². The number of aromatic hydroxyl groups is 1.